The first-order valence-electron chi connectivity index (χ1n) is 60.0. The number of unbranched alkanes of at least 4 members (excludes halogenated alkanes) is 18. The van der Waals surface area contributed by atoms with E-state index in [4.69, 9.17) is 66.3 Å². The quantitative estimate of drug-likeness (QED) is 0.0415. The molecule has 3 saturated heterocycles. The highest BCUT2D eigenvalue weighted by atomic mass is 16.6. The highest BCUT2D eigenvalue weighted by molar-refractivity contribution is 5.72. The van der Waals surface area contributed by atoms with Crippen LogP contribution in [-0.2, 0) is 75.9 Å². The summed E-state index contributed by atoms with van der Waals surface area (Å²) >= 11 is 0. The number of fused-ring (bicyclic) bond motifs is 10. The number of carbonyl (C=O) groups excluding carboxylic acids is 2. The van der Waals surface area contributed by atoms with Gasteiger partial charge in [0.05, 0.1) is 172 Å². The van der Waals surface area contributed by atoms with E-state index in [0.29, 0.717) is 192 Å². The lowest BCUT2D eigenvalue weighted by molar-refractivity contribution is -0.164. The monoisotopic (exact) mass is 1980 g/mol. The molecule has 22 nitrogen and oxygen atoms in total. The van der Waals surface area contributed by atoms with Gasteiger partial charge in [-0.25, -0.2) is 0 Å². The zero-order valence-corrected chi connectivity index (χ0v) is 92.3. The molecule has 18 atom stereocenters. The first-order chi connectivity index (χ1) is 68.3. The standard InChI is InChI=1S/C118H218N6O16/c1-97(2)33-31-35-99(5)107-41-43-109-105-39-37-101-93-103(45-49-115(101,7)111(105)47-51-117(107,109)9)139-113(125)95-123-65-77-135-89-85-131-73-61-121(62-74-132-86-90-136-78-66-123)55-29-25-21-17-13-11-15-19-23-27-53-119-57-69-127-81-83-129-71-59-120(60-72-130-84-82-128-70-58-119)54-28-24-20-16-12-14-18-22-26-30-56-122-63-75-133-87-91-137-79-67-124(68-80-138-92-88-134-76-64-122)96-114(126)140-104-46-50-116(8)102(94-104)38-40-106-110-44-42-108(100(6)36-32-34-98(3)4)118(110,10)52-48-112(106)116/h97-112H,11-96H2,1-10H3/t99-,100-,101+,102+,103?,104?,105+,106+,107-,108-,109+,110+,111+,112+,115+,116+,117-,118-/m1/s1. The van der Waals surface area contributed by atoms with Gasteiger partial charge in [-0.05, 0) is 272 Å². The maximum Gasteiger partial charge on any atom is 0.320 e. The van der Waals surface area contributed by atoms with E-state index >= 15 is 0 Å². The molecule has 22 heteroatoms. The molecule has 2 unspecified atom stereocenters. The predicted molar refractivity (Wildman–Crippen MR) is 567 cm³/mol. The van der Waals surface area contributed by atoms with Crippen molar-refractivity contribution in [2.45, 2.75) is 364 Å². The van der Waals surface area contributed by atoms with Crippen molar-refractivity contribution in [2.75, 3.05) is 276 Å². The molecule has 816 valence electrons. The van der Waals surface area contributed by atoms with Gasteiger partial charge < -0.3 is 66.3 Å². The number of esters is 2. The van der Waals surface area contributed by atoms with Crippen LogP contribution in [0.25, 0.3) is 0 Å². The number of carbonyl (C=O) groups is 2. The minimum atomic E-state index is -0.0995. The summed E-state index contributed by atoms with van der Waals surface area (Å²) in [4.78, 5) is 41.8. The predicted octanol–water partition coefficient (Wildman–Crippen LogP) is 21.9. The minimum absolute atomic E-state index is 0.0276. The minimum Gasteiger partial charge on any atom is -0.461 e. The molecule has 3 heterocycles. The summed E-state index contributed by atoms with van der Waals surface area (Å²) < 4.78 is 86.1. The van der Waals surface area contributed by atoms with Crippen LogP contribution in [0.1, 0.15) is 352 Å². The van der Waals surface area contributed by atoms with Crippen LogP contribution in [0.4, 0.5) is 0 Å². The number of rotatable bonds is 42. The van der Waals surface area contributed by atoms with E-state index in [0.717, 1.165) is 202 Å². The molecule has 3 aliphatic heterocycles. The molecule has 11 aliphatic rings. The van der Waals surface area contributed by atoms with Gasteiger partial charge >= 0.3 is 11.9 Å². The Morgan fingerprint density at radius 2 is 0.479 bits per heavy atom. The van der Waals surface area contributed by atoms with Gasteiger partial charge in [-0.3, -0.25) is 39.0 Å². The summed E-state index contributed by atoms with van der Waals surface area (Å²) in [5.41, 5.74) is 1.80. The van der Waals surface area contributed by atoms with Gasteiger partial charge in [0, 0.05) is 78.5 Å². The van der Waals surface area contributed by atoms with Crippen LogP contribution in [0.15, 0.2) is 0 Å². The second-order valence-corrected chi connectivity index (χ2v) is 48.5. The lowest BCUT2D eigenvalue weighted by Gasteiger charge is -2.61. The van der Waals surface area contributed by atoms with Gasteiger partial charge in [0.25, 0.3) is 0 Å². The fraction of sp³-hybridized carbons (Fsp3) is 0.983. The lowest BCUT2D eigenvalue weighted by Crippen LogP contribution is -2.54. The average Bonchev–Trinajstić information content (AvgIpc) is 1.49. The highest BCUT2D eigenvalue weighted by Crippen LogP contribution is 2.71. The van der Waals surface area contributed by atoms with Crippen molar-refractivity contribution in [1.82, 2.24) is 29.4 Å². The van der Waals surface area contributed by atoms with Crippen molar-refractivity contribution in [2.24, 2.45) is 105 Å². The average molecular weight is 1980 g/mol. The third kappa shape index (κ3) is 41.1. The van der Waals surface area contributed by atoms with Crippen molar-refractivity contribution in [3.63, 3.8) is 0 Å². The topological polar surface area (TPSA) is 183 Å². The molecule has 0 aromatic rings. The summed E-state index contributed by atoms with van der Waals surface area (Å²) in [6, 6.07) is 0. The summed E-state index contributed by atoms with van der Waals surface area (Å²) in [5.74, 6) is 11.5. The Labute approximate surface area is 857 Å². The maximum absolute atomic E-state index is 13.7. The van der Waals surface area contributed by atoms with E-state index < -0.39 is 0 Å². The Bertz CT molecular complexity index is 2930. The van der Waals surface area contributed by atoms with Crippen LogP contribution in [0.2, 0.25) is 0 Å². The summed E-state index contributed by atoms with van der Waals surface area (Å²) in [6.45, 7) is 55.0. The third-order valence-electron chi connectivity index (χ3n) is 38.2. The molecule has 11 rings (SSSR count). The highest BCUT2D eigenvalue weighted by Gasteiger charge is 2.63. The summed E-state index contributed by atoms with van der Waals surface area (Å²) in [6.07, 6.45) is 57.4. The van der Waals surface area contributed by atoms with E-state index in [9.17, 15) is 9.59 Å². The number of ether oxygens (including phenoxy) is 14. The molecule has 11 fully saturated rings. The fourth-order valence-electron chi connectivity index (χ4n) is 29.8. The Kier molecular flexibility index (Phi) is 57.1. The molecule has 0 bridgehead atoms. The Hall–Kier alpha value is -1.78. The van der Waals surface area contributed by atoms with Crippen molar-refractivity contribution < 1.29 is 75.9 Å². The molecule has 0 amide bonds. The zero-order chi connectivity index (χ0) is 98.6. The summed E-state index contributed by atoms with van der Waals surface area (Å²) in [5, 5.41) is 0. The smallest absolute Gasteiger partial charge is 0.320 e. The van der Waals surface area contributed by atoms with Crippen molar-refractivity contribution in [1.29, 1.82) is 0 Å². The van der Waals surface area contributed by atoms with Crippen LogP contribution < -0.4 is 0 Å². The van der Waals surface area contributed by atoms with E-state index in [2.05, 4.69) is 98.6 Å². The van der Waals surface area contributed by atoms with Gasteiger partial charge in [0.15, 0.2) is 0 Å². The Morgan fingerprint density at radius 1 is 0.250 bits per heavy atom. The largest absolute Gasteiger partial charge is 0.461 e. The second-order valence-electron chi connectivity index (χ2n) is 48.5. The molecule has 140 heavy (non-hydrogen) atoms. The number of hydrogen-bond acceptors (Lipinski definition) is 22. The number of nitrogens with zero attached hydrogens (tertiary/aromatic N) is 6. The molecule has 0 aromatic carbocycles. The molecular weight excluding hydrogens is 1760 g/mol. The SMILES string of the molecule is CC(C)CCC[C@@H](C)[C@H]1CC[C@H]2[C@@H]3CC[C@H]4CC(OC(=O)CN5CCOCCOCCN(CCCCCCCCCCCCN6CCOCCOCCN(CCCCCCCCCCCCN7CCOCCOCCN(CC(=O)OC8CC[C@@]9(C)[C@@H](CC[C@@H]%10[C@@H]9CC[C@]9(C)[C@@H]([C@H](C)CCCC(C)C)CC[C@@H]%109)C8)CCOCCOCC7)CCOCCOCC6)CCOCCOCC5)CC[C@]4(C)[C@H]3CC[C@]12C. The second kappa shape index (κ2) is 67.5. The molecule has 0 N–H and O–H groups in total. The summed E-state index contributed by atoms with van der Waals surface area (Å²) in [7, 11) is 0. The molecule has 0 spiro atoms. The van der Waals surface area contributed by atoms with E-state index in [-0.39, 0.29) is 37.2 Å². The van der Waals surface area contributed by atoms with Gasteiger partial charge in [-0.1, -0.05) is 210 Å². The van der Waals surface area contributed by atoms with Crippen LogP contribution in [-0.4, -0.2) is 330 Å². The molecule has 8 saturated carbocycles. The van der Waals surface area contributed by atoms with E-state index in [1.807, 2.05) is 0 Å². The molecule has 8 aliphatic carbocycles. The van der Waals surface area contributed by atoms with Gasteiger partial charge in [-0.2, -0.15) is 0 Å². The van der Waals surface area contributed by atoms with Gasteiger partial charge in [-0.15, -0.1) is 0 Å². The molecule has 0 aromatic heterocycles. The molecule has 0 radical (unpaired) electrons. The molecular formula is C118H218N6O16. The Balaban J connectivity index is 0.442. The van der Waals surface area contributed by atoms with Crippen molar-refractivity contribution >= 4 is 11.9 Å². The first-order valence-corrected chi connectivity index (χ1v) is 60.0. The fourth-order valence-corrected chi connectivity index (χ4v) is 29.8. The third-order valence-corrected chi connectivity index (χ3v) is 38.2. The van der Waals surface area contributed by atoms with Gasteiger partial charge in [0.1, 0.15) is 12.2 Å². The van der Waals surface area contributed by atoms with E-state index in [1.54, 1.807) is 0 Å². The van der Waals surface area contributed by atoms with E-state index in [1.165, 1.54) is 257 Å². The van der Waals surface area contributed by atoms with Crippen molar-refractivity contribution in [3.05, 3.63) is 0 Å². The lowest BCUT2D eigenvalue weighted by atomic mass is 9.44. The van der Waals surface area contributed by atoms with Crippen LogP contribution in [0.5, 0.6) is 0 Å². The van der Waals surface area contributed by atoms with Crippen LogP contribution in [0, 0.1) is 105 Å². The normalized spacial score (nSPS) is 32.9. The first kappa shape index (κ1) is 118. The number of hydrogen-bond donors (Lipinski definition) is 0. The maximum atomic E-state index is 13.7. The Morgan fingerprint density at radius 3 is 0.729 bits per heavy atom. The van der Waals surface area contributed by atoms with Gasteiger partial charge in [0.2, 0.25) is 0 Å². The van der Waals surface area contributed by atoms with Crippen LogP contribution >= 0.6 is 0 Å². The van der Waals surface area contributed by atoms with Crippen LogP contribution in [0.3, 0.4) is 0 Å². The van der Waals surface area contributed by atoms with Crippen molar-refractivity contribution in [3.8, 4) is 0 Å². The zero-order valence-electron chi connectivity index (χ0n) is 92.3.